The van der Waals surface area contributed by atoms with Gasteiger partial charge in [-0.3, -0.25) is 0 Å². The van der Waals surface area contributed by atoms with Crippen LogP contribution in [0.5, 0.6) is 11.5 Å². The van der Waals surface area contributed by atoms with Crippen molar-refractivity contribution in [1.29, 1.82) is 0 Å². The molecule has 4 rings (SSSR count). The predicted octanol–water partition coefficient (Wildman–Crippen LogP) is 2.76. The van der Waals surface area contributed by atoms with Gasteiger partial charge in [0.2, 0.25) is 0 Å². The van der Waals surface area contributed by atoms with Crippen LogP contribution >= 0.6 is 0 Å². The minimum atomic E-state index is -1.91. The Morgan fingerprint density at radius 1 is 1.24 bits per heavy atom. The highest BCUT2D eigenvalue weighted by atomic mass is 16.6. The van der Waals surface area contributed by atoms with Crippen molar-refractivity contribution in [2.24, 2.45) is 0 Å². The summed E-state index contributed by atoms with van der Waals surface area (Å²) >= 11 is 0. The Labute approximate surface area is 144 Å². The first-order chi connectivity index (χ1) is 12.1. The Bertz CT molecular complexity index is 878. The predicted molar refractivity (Wildman–Crippen MR) is 89.6 cm³/mol. The summed E-state index contributed by atoms with van der Waals surface area (Å²) in [5.74, 6) is -0.724. The van der Waals surface area contributed by atoms with E-state index in [0.29, 0.717) is 22.7 Å². The first-order valence-corrected chi connectivity index (χ1v) is 8.11. The third-order valence-corrected chi connectivity index (χ3v) is 4.43. The molecular weight excluding hydrogens is 322 g/mol. The van der Waals surface area contributed by atoms with Gasteiger partial charge in [-0.15, -0.1) is 0 Å². The molecule has 0 aromatic heterocycles. The van der Waals surface area contributed by atoms with Crippen LogP contribution in [0.25, 0.3) is 0 Å². The molecule has 25 heavy (non-hydrogen) atoms. The van der Waals surface area contributed by atoms with Crippen molar-refractivity contribution < 1.29 is 23.8 Å². The zero-order chi connectivity index (χ0) is 17.6. The maximum absolute atomic E-state index is 12.8. The molecule has 1 N–H and O–H groups in total. The number of aryl methyl sites for hydroxylation is 1. The van der Waals surface area contributed by atoms with Crippen LogP contribution in [0.3, 0.4) is 0 Å². The average Bonchev–Trinajstić information content (AvgIpc) is 2.60. The van der Waals surface area contributed by atoms with Crippen LogP contribution in [0.2, 0.25) is 0 Å². The molecule has 0 spiro atoms. The number of carbonyl (C=O) groups is 2. The number of rotatable bonds is 2. The van der Waals surface area contributed by atoms with Gasteiger partial charge < -0.3 is 19.5 Å². The second-order valence-corrected chi connectivity index (χ2v) is 6.06. The van der Waals surface area contributed by atoms with Gasteiger partial charge in [0.1, 0.15) is 17.5 Å². The molecule has 6 nitrogen and oxygen atoms in total. The highest BCUT2D eigenvalue weighted by molar-refractivity contribution is 6.08. The molecule has 0 aliphatic carbocycles. The van der Waals surface area contributed by atoms with Gasteiger partial charge in [0, 0.05) is 5.56 Å². The molecule has 0 radical (unpaired) electrons. The van der Waals surface area contributed by atoms with E-state index in [1.807, 2.05) is 25.1 Å². The SMILES string of the molecule is CCOC(=O)[C@@]12Oc3cc(C)ccc3N[C@@H]1c1ccccc1OC2=O. The van der Waals surface area contributed by atoms with Crippen LogP contribution < -0.4 is 14.8 Å². The molecule has 128 valence electrons. The third kappa shape index (κ3) is 2.17. The number of nitrogens with one attached hydrogen (secondary N) is 1. The van der Waals surface area contributed by atoms with E-state index < -0.39 is 23.6 Å². The van der Waals surface area contributed by atoms with Crippen LogP contribution in [0, 0.1) is 6.92 Å². The van der Waals surface area contributed by atoms with Crippen LogP contribution in [-0.2, 0) is 14.3 Å². The van der Waals surface area contributed by atoms with E-state index in [-0.39, 0.29) is 6.61 Å². The largest absolute Gasteiger partial charge is 0.462 e. The van der Waals surface area contributed by atoms with Crippen molar-refractivity contribution in [3.8, 4) is 11.5 Å². The van der Waals surface area contributed by atoms with E-state index in [4.69, 9.17) is 14.2 Å². The maximum atomic E-state index is 12.8. The number of esters is 2. The Morgan fingerprint density at radius 2 is 2.04 bits per heavy atom. The minimum Gasteiger partial charge on any atom is -0.462 e. The molecular formula is C19H17NO5. The number of carbonyl (C=O) groups excluding carboxylic acids is 2. The molecule has 0 amide bonds. The van der Waals surface area contributed by atoms with Crippen molar-refractivity contribution in [3.63, 3.8) is 0 Å². The highest BCUT2D eigenvalue weighted by Gasteiger charge is 2.64. The van der Waals surface area contributed by atoms with Crippen molar-refractivity contribution >= 4 is 17.6 Å². The minimum absolute atomic E-state index is 0.131. The average molecular weight is 339 g/mol. The van der Waals surface area contributed by atoms with Crippen molar-refractivity contribution in [2.45, 2.75) is 25.5 Å². The first kappa shape index (κ1) is 15.5. The molecule has 0 saturated carbocycles. The molecule has 2 aliphatic heterocycles. The summed E-state index contributed by atoms with van der Waals surface area (Å²) in [7, 11) is 0. The van der Waals surface area contributed by atoms with E-state index in [1.54, 1.807) is 31.2 Å². The van der Waals surface area contributed by atoms with E-state index in [2.05, 4.69) is 5.32 Å². The summed E-state index contributed by atoms with van der Waals surface area (Å²) in [6.45, 7) is 3.72. The molecule has 0 fully saturated rings. The van der Waals surface area contributed by atoms with Crippen LogP contribution in [-0.4, -0.2) is 24.1 Å². The van der Waals surface area contributed by atoms with Crippen LogP contribution in [0.1, 0.15) is 24.1 Å². The molecule has 2 atom stereocenters. The zero-order valence-electron chi connectivity index (χ0n) is 13.9. The standard InChI is InChI=1S/C19H17NO5/c1-3-23-17(21)19-16(12-6-4-5-7-14(12)24-18(19)22)20-13-9-8-11(2)10-15(13)25-19/h4-10,16,20H,3H2,1-2H3/t16-,19+/m1/s1. The number of anilines is 1. The fourth-order valence-electron chi connectivity index (χ4n) is 3.25. The second kappa shape index (κ2) is 5.51. The van der Waals surface area contributed by atoms with Gasteiger partial charge in [-0.2, -0.15) is 0 Å². The topological polar surface area (TPSA) is 73.9 Å². The van der Waals surface area contributed by atoms with E-state index in [0.717, 1.165) is 5.56 Å². The molecule has 2 aliphatic rings. The Balaban J connectivity index is 1.92. The molecule has 0 bridgehead atoms. The molecule has 0 saturated heterocycles. The lowest BCUT2D eigenvalue weighted by molar-refractivity contribution is -0.179. The van der Waals surface area contributed by atoms with Gasteiger partial charge in [-0.1, -0.05) is 24.3 Å². The van der Waals surface area contributed by atoms with Crippen LogP contribution in [0.4, 0.5) is 5.69 Å². The lowest BCUT2D eigenvalue weighted by atomic mass is 9.83. The monoisotopic (exact) mass is 339 g/mol. The summed E-state index contributed by atoms with van der Waals surface area (Å²) in [5.41, 5.74) is 0.412. The van der Waals surface area contributed by atoms with Gasteiger partial charge in [-0.25, -0.2) is 9.59 Å². The maximum Gasteiger partial charge on any atom is 0.370 e. The number of hydrogen-bond acceptors (Lipinski definition) is 6. The van der Waals surface area contributed by atoms with Gasteiger partial charge in [0.15, 0.2) is 0 Å². The lowest BCUT2D eigenvalue weighted by Crippen LogP contribution is -2.64. The van der Waals surface area contributed by atoms with Crippen LogP contribution in [0.15, 0.2) is 42.5 Å². The number of fused-ring (bicyclic) bond motifs is 4. The van der Waals surface area contributed by atoms with E-state index in [9.17, 15) is 9.59 Å². The first-order valence-electron chi connectivity index (χ1n) is 8.11. The molecule has 2 aromatic rings. The Hall–Kier alpha value is -3.02. The fraction of sp³-hybridized carbons (Fsp3) is 0.263. The summed E-state index contributed by atoms with van der Waals surface area (Å²) in [6.07, 6.45) is 0. The molecule has 2 heterocycles. The van der Waals surface area contributed by atoms with Gasteiger partial charge in [-0.05, 0) is 37.6 Å². The fourth-order valence-corrected chi connectivity index (χ4v) is 3.25. The Kier molecular flexibility index (Phi) is 3.42. The highest BCUT2D eigenvalue weighted by Crippen LogP contribution is 2.49. The zero-order valence-corrected chi connectivity index (χ0v) is 13.9. The summed E-state index contributed by atoms with van der Waals surface area (Å²) < 4.78 is 16.6. The second-order valence-electron chi connectivity index (χ2n) is 6.06. The normalized spacial score (nSPS) is 23.1. The van der Waals surface area contributed by atoms with Gasteiger partial charge >= 0.3 is 17.5 Å². The van der Waals surface area contributed by atoms with Gasteiger partial charge in [0.25, 0.3) is 0 Å². The number of benzene rings is 2. The van der Waals surface area contributed by atoms with Gasteiger partial charge in [0.05, 0.1) is 12.3 Å². The molecule has 6 heteroatoms. The molecule has 2 aromatic carbocycles. The Morgan fingerprint density at radius 3 is 2.84 bits per heavy atom. The van der Waals surface area contributed by atoms with Crippen molar-refractivity contribution in [2.75, 3.05) is 11.9 Å². The van der Waals surface area contributed by atoms with E-state index >= 15 is 0 Å². The van der Waals surface area contributed by atoms with Crippen molar-refractivity contribution in [1.82, 2.24) is 0 Å². The summed E-state index contributed by atoms with van der Waals surface area (Å²) in [5, 5.41) is 3.27. The summed E-state index contributed by atoms with van der Waals surface area (Å²) in [6, 6.07) is 11.9. The smallest absolute Gasteiger partial charge is 0.370 e. The molecule has 0 unspecified atom stereocenters. The lowest BCUT2D eigenvalue weighted by Gasteiger charge is -2.44. The number of para-hydroxylation sites is 1. The summed E-state index contributed by atoms with van der Waals surface area (Å²) in [4.78, 5) is 25.6. The van der Waals surface area contributed by atoms with Crippen molar-refractivity contribution in [3.05, 3.63) is 53.6 Å². The number of ether oxygens (including phenoxy) is 3. The van der Waals surface area contributed by atoms with E-state index in [1.165, 1.54) is 0 Å². The quantitative estimate of drug-likeness (QED) is 0.515. The third-order valence-electron chi connectivity index (χ3n) is 4.43. The number of hydrogen-bond donors (Lipinski definition) is 1.